The van der Waals surface area contributed by atoms with Crippen LogP contribution in [0.4, 0.5) is 0 Å². The zero-order valence-corrected chi connectivity index (χ0v) is 11.6. The van der Waals surface area contributed by atoms with Gasteiger partial charge in [0.2, 0.25) is 15.9 Å². The maximum absolute atomic E-state index is 11.7. The number of rotatable bonds is 3. The summed E-state index contributed by atoms with van der Waals surface area (Å²) in [4.78, 5) is 11.6. The van der Waals surface area contributed by atoms with E-state index in [2.05, 4.69) is 5.32 Å². The summed E-state index contributed by atoms with van der Waals surface area (Å²) in [6.07, 6.45) is 1.65. The molecule has 0 aromatic rings. The van der Waals surface area contributed by atoms with Gasteiger partial charge < -0.3 is 5.32 Å². The molecule has 5 nitrogen and oxygen atoms in total. The van der Waals surface area contributed by atoms with Crippen molar-refractivity contribution in [3.63, 3.8) is 0 Å². The molecule has 17 heavy (non-hydrogen) atoms. The zero-order valence-electron chi connectivity index (χ0n) is 10.8. The molecule has 1 saturated heterocycles. The summed E-state index contributed by atoms with van der Waals surface area (Å²) in [5.41, 5.74) is -0.430. The molecular formula is C11H22N2O3S. The topological polar surface area (TPSA) is 66.5 Å². The normalized spacial score (nSPS) is 21.1. The van der Waals surface area contributed by atoms with Gasteiger partial charge in [-0.05, 0) is 12.8 Å². The molecule has 0 saturated carbocycles. The Morgan fingerprint density at radius 3 is 2.47 bits per heavy atom. The number of nitrogens with one attached hydrogen (secondary N) is 1. The average molecular weight is 262 g/mol. The Morgan fingerprint density at radius 2 is 1.94 bits per heavy atom. The lowest BCUT2D eigenvalue weighted by atomic mass is 9.96. The summed E-state index contributed by atoms with van der Waals surface area (Å²) < 4.78 is 24.8. The Kier molecular flexibility index (Phi) is 4.55. The lowest BCUT2D eigenvalue weighted by Crippen LogP contribution is -2.44. The van der Waals surface area contributed by atoms with Gasteiger partial charge in [-0.1, -0.05) is 20.8 Å². The minimum atomic E-state index is -3.07. The molecule has 1 rings (SSSR count). The van der Waals surface area contributed by atoms with E-state index in [9.17, 15) is 13.2 Å². The van der Waals surface area contributed by atoms with Crippen LogP contribution < -0.4 is 5.32 Å². The van der Waals surface area contributed by atoms with Crippen LogP contribution in [-0.4, -0.2) is 44.0 Å². The Bertz CT molecular complexity index is 371. The Labute approximate surface area is 104 Å². The first kappa shape index (κ1) is 14.4. The highest BCUT2D eigenvalue weighted by molar-refractivity contribution is 7.89. The molecule has 0 bridgehead atoms. The molecule has 0 radical (unpaired) electrons. The summed E-state index contributed by atoms with van der Waals surface area (Å²) in [6.45, 7) is 6.84. The van der Waals surface area contributed by atoms with E-state index in [0.29, 0.717) is 19.6 Å². The van der Waals surface area contributed by atoms with Crippen molar-refractivity contribution in [1.82, 2.24) is 9.62 Å². The molecule has 1 aliphatic rings. The van der Waals surface area contributed by atoms with Crippen molar-refractivity contribution in [2.24, 2.45) is 5.41 Å². The monoisotopic (exact) mass is 262 g/mol. The van der Waals surface area contributed by atoms with Crippen LogP contribution in [0.1, 0.15) is 33.6 Å². The highest BCUT2D eigenvalue weighted by atomic mass is 32.2. The Morgan fingerprint density at radius 1 is 1.29 bits per heavy atom. The predicted octanol–water partition coefficient (Wildman–Crippen LogP) is 0.574. The van der Waals surface area contributed by atoms with Gasteiger partial charge in [0, 0.05) is 25.0 Å². The molecule has 1 fully saturated rings. The van der Waals surface area contributed by atoms with Gasteiger partial charge in [-0.15, -0.1) is 0 Å². The van der Waals surface area contributed by atoms with E-state index in [-0.39, 0.29) is 11.7 Å². The number of hydrogen-bond donors (Lipinski definition) is 1. The number of sulfonamides is 1. The number of carbonyl (C=O) groups excluding carboxylic acids is 1. The van der Waals surface area contributed by atoms with E-state index >= 15 is 0 Å². The van der Waals surface area contributed by atoms with E-state index in [1.165, 1.54) is 4.31 Å². The van der Waals surface area contributed by atoms with E-state index in [1.54, 1.807) is 0 Å². The van der Waals surface area contributed by atoms with Crippen LogP contribution in [0.3, 0.4) is 0 Å². The number of nitrogens with zero attached hydrogens (tertiary/aromatic N) is 1. The standard InChI is InChI=1S/C11H22N2O3S/c1-11(2,3)10(14)12-6-8-13-7-4-5-9-17(13,15)16/h4-9H2,1-3H3,(H,12,14). The largest absolute Gasteiger partial charge is 0.354 e. The zero-order chi connectivity index (χ0) is 13.1. The second-order valence-corrected chi connectivity index (χ2v) is 7.52. The van der Waals surface area contributed by atoms with Gasteiger partial charge in [-0.25, -0.2) is 12.7 Å². The molecule has 0 atom stereocenters. The fourth-order valence-electron chi connectivity index (χ4n) is 1.65. The Hall–Kier alpha value is -0.620. The lowest BCUT2D eigenvalue weighted by molar-refractivity contribution is -0.128. The summed E-state index contributed by atoms with van der Waals surface area (Å²) in [6, 6.07) is 0. The highest BCUT2D eigenvalue weighted by Crippen LogP contribution is 2.14. The van der Waals surface area contributed by atoms with E-state index in [4.69, 9.17) is 0 Å². The third-order valence-electron chi connectivity index (χ3n) is 2.78. The van der Waals surface area contributed by atoms with Crippen molar-refractivity contribution in [2.75, 3.05) is 25.4 Å². The average Bonchev–Trinajstić information content (AvgIpc) is 2.18. The van der Waals surface area contributed by atoms with Gasteiger partial charge in [0.15, 0.2) is 0 Å². The SMILES string of the molecule is CC(C)(C)C(=O)NCCN1CCCCS1(=O)=O. The molecule has 0 aromatic carbocycles. The molecule has 1 amide bonds. The Balaban J connectivity index is 2.39. The first-order valence-electron chi connectivity index (χ1n) is 5.99. The van der Waals surface area contributed by atoms with Crippen LogP contribution in [-0.2, 0) is 14.8 Å². The second-order valence-electron chi connectivity index (χ2n) is 5.43. The maximum atomic E-state index is 11.7. The molecule has 0 aromatic heterocycles. The van der Waals surface area contributed by atoms with Crippen molar-refractivity contribution in [3.8, 4) is 0 Å². The second kappa shape index (κ2) is 5.35. The van der Waals surface area contributed by atoms with Crippen LogP contribution in [0.2, 0.25) is 0 Å². The van der Waals surface area contributed by atoms with Crippen molar-refractivity contribution in [3.05, 3.63) is 0 Å². The van der Waals surface area contributed by atoms with Crippen LogP contribution in [0.5, 0.6) is 0 Å². The molecule has 0 unspecified atom stereocenters. The summed E-state index contributed by atoms with van der Waals surface area (Å²) in [5.74, 6) is 0.187. The van der Waals surface area contributed by atoms with E-state index < -0.39 is 15.4 Å². The van der Waals surface area contributed by atoms with Crippen molar-refractivity contribution in [2.45, 2.75) is 33.6 Å². The molecular weight excluding hydrogens is 240 g/mol. The fourth-order valence-corrected chi connectivity index (χ4v) is 3.25. The van der Waals surface area contributed by atoms with Gasteiger partial charge in [0.05, 0.1) is 5.75 Å². The molecule has 0 spiro atoms. The smallest absolute Gasteiger partial charge is 0.225 e. The predicted molar refractivity (Wildman–Crippen MR) is 67.1 cm³/mol. The quantitative estimate of drug-likeness (QED) is 0.809. The molecule has 1 aliphatic heterocycles. The minimum absolute atomic E-state index is 0.0492. The van der Waals surface area contributed by atoms with Crippen LogP contribution in [0, 0.1) is 5.41 Å². The number of amides is 1. The van der Waals surface area contributed by atoms with Crippen LogP contribution in [0.25, 0.3) is 0 Å². The molecule has 6 heteroatoms. The molecule has 0 aliphatic carbocycles. The van der Waals surface area contributed by atoms with Gasteiger partial charge in [0.1, 0.15) is 0 Å². The first-order valence-corrected chi connectivity index (χ1v) is 7.60. The molecule has 1 heterocycles. The number of carbonyl (C=O) groups is 1. The number of hydrogen-bond acceptors (Lipinski definition) is 3. The van der Waals surface area contributed by atoms with Gasteiger partial charge in [-0.3, -0.25) is 4.79 Å². The minimum Gasteiger partial charge on any atom is -0.354 e. The summed E-state index contributed by atoms with van der Waals surface area (Å²) in [5, 5.41) is 2.76. The lowest BCUT2D eigenvalue weighted by Gasteiger charge is -2.26. The van der Waals surface area contributed by atoms with E-state index in [0.717, 1.165) is 12.8 Å². The highest BCUT2D eigenvalue weighted by Gasteiger charge is 2.26. The summed E-state index contributed by atoms with van der Waals surface area (Å²) in [7, 11) is -3.07. The van der Waals surface area contributed by atoms with Gasteiger partial charge >= 0.3 is 0 Å². The van der Waals surface area contributed by atoms with E-state index in [1.807, 2.05) is 20.8 Å². The van der Waals surface area contributed by atoms with Gasteiger partial charge in [-0.2, -0.15) is 0 Å². The van der Waals surface area contributed by atoms with Crippen LogP contribution >= 0.6 is 0 Å². The molecule has 1 N–H and O–H groups in total. The van der Waals surface area contributed by atoms with Crippen molar-refractivity contribution < 1.29 is 13.2 Å². The summed E-state index contributed by atoms with van der Waals surface area (Å²) >= 11 is 0. The van der Waals surface area contributed by atoms with Gasteiger partial charge in [0.25, 0.3) is 0 Å². The molecule has 100 valence electrons. The van der Waals surface area contributed by atoms with Crippen molar-refractivity contribution in [1.29, 1.82) is 0 Å². The maximum Gasteiger partial charge on any atom is 0.225 e. The fraction of sp³-hybridized carbons (Fsp3) is 0.909. The third-order valence-corrected chi connectivity index (χ3v) is 4.74. The van der Waals surface area contributed by atoms with Crippen molar-refractivity contribution >= 4 is 15.9 Å². The third kappa shape index (κ3) is 4.27. The van der Waals surface area contributed by atoms with Crippen LogP contribution in [0.15, 0.2) is 0 Å². The first-order chi connectivity index (χ1) is 7.73.